The van der Waals surface area contributed by atoms with Crippen LogP contribution in [-0.4, -0.2) is 35.1 Å². The van der Waals surface area contributed by atoms with Crippen LogP contribution in [-0.2, 0) is 0 Å². The van der Waals surface area contributed by atoms with Gasteiger partial charge < -0.3 is 9.64 Å². The molecule has 0 amide bonds. The summed E-state index contributed by atoms with van der Waals surface area (Å²) in [7, 11) is 1.32. The molecule has 1 heterocycles. The van der Waals surface area contributed by atoms with Crippen LogP contribution in [0.25, 0.3) is 0 Å². The Hall–Kier alpha value is -2.43. The van der Waals surface area contributed by atoms with Crippen molar-refractivity contribution in [3.8, 4) is 11.9 Å². The average Bonchev–Trinajstić information content (AvgIpc) is 2.41. The minimum Gasteiger partial charge on any atom is -0.476 e. The number of aromatic nitrogens is 2. The normalized spacial score (nSPS) is 10.2. The van der Waals surface area contributed by atoms with Gasteiger partial charge in [0.25, 0.3) is 5.88 Å². The highest BCUT2D eigenvalue weighted by Gasteiger charge is 2.28. The van der Waals surface area contributed by atoms with Crippen LogP contribution in [0.1, 0.15) is 20.3 Å². The van der Waals surface area contributed by atoms with Crippen molar-refractivity contribution in [3.63, 3.8) is 0 Å². The van der Waals surface area contributed by atoms with Crippen molar-refractivity contribution < 1.29 is 9.66 Å². The van der Waals surface area contributed by atoms with Gasteiger partial charge in [-0.2, -0.15) is 10.2 Å². The SMILES string of the molecule is COc1ncnc(N(CCC#N)CC(C)C)c1[N+](=O)[O-]. The topological polar surface area (TPSA) is 105 Å². The molecule has 108 valence electrons. The largest absolute Gasteiger partial charge is 0.476 e. The first kappa shape index (κ1) is 15.6. The van der Waals surface area contributed by atoms with Gasteiger partial charge in [0.2, 0.25) is 5.82 Å². The maximum atomic E-state index is 11.2. The third kappa shape index (κ3) is 3.78. The molecule has 0 saturated heterocycles. The Bertz CT molecular complexity index is 512. The van der Waals surface area contributed by atoms with Crippen LogP contribution in [0, 0.1) is 27.4 Å². The molecule has 0 radical (unpaired) electrons. The predicted molar refractivity (Wildman–Crippen MR) is 72.5 cm³/mol. The minimum absolute atomic E-state index is 0.0780. The first-order valence-corrected chi connectivity index (χ1v) is 6.16. The first-order valence-electron chi connectivity index (χ1n) is 6.16. The first-order chi connectivity index (χ1) is 9.51. The maximum absolute atomic E-state index is 11.2. The van der Waals surface area contributed by atoms with E-state index in [1.165, 1.54) is 13.4 Å². The van der Waals surface area contributed by atoms with Crippen molar-refractivity contribution in [3.05, 3.63) is 16.4 Å². The Labute approximate surface area is 117 Å². The highest BCUT2D eigenvalue weighted by molar-refractivity contribution is 5.62. The van der Waals surface area contributed by atoms with Gasteiger partial charge in [0.1, 0.15) is 6.33 Å². The Morgan fingerprint density at radius 1 is 1.55 bits per heavy atom. The van der Waals surface area contributed by atoms with E-state index in [2.05, 4.69) is 9.97 Å². The van der Waals surface area contributed by atoms with E-state index in [0.717, 1.165) is 0 Å². The second kappa shape index (κ2) is 7.23. The van der Waals surface area contributed by atoms with Gasteiger partial charge in [-0.05, 0) is 5.92 Å². The lowest BCUT2D eigenvalue weighted by molar-refractivity contribution is -0.385. The molecule has 0 aliphatic carbocycles. The average molecular weight is 279 g/mol. The molecule has 0 saturated carbocycles. The van der Waals surface area contributed by atoms with Gasteiger partial charge in [0.05, 0.1) is 24.5 Å². The van der Waals surface area contributed by atoms with Gasteiger partial charge in [0.15, 0.2) is 0 Å². The number of rotatable bonds is 7. The molecule has 1 aromatic rings. The summed E-state index contributed by atoms with van der Waals surface area (Å²) < 4.78 is 4.92. The zero-order valence-electron chi connectivity index (χ0n) is 11.7. The van der Waals surface area contributed by atoms with Gasteiger partial charge in [-0.25, -0.2) is 4.98 Å². The molecule has 0 bridgehead atoms. The van der Waals surface area contributed by atoms with Crippen molar-refractivity contribution >= 4 is 11.5 Å². The van der Waals surface area contributed by atoms with Gasteiger partial charge in [-0.3, -0.25) is 10.1 Å². The van der Waals surface area contributed by atoms with E-state index in [-0.39, 0.29) is 29.7 Å². The Morgan fingerprint density at radius 3 is 2.75 bits per heavy atom. The van der Waals surface area contributed by atoms with E-state index >= 15 is 0 Å². The van der Waals surface area contributed by atoms with Crippen molar-refractivity contribution in [2.45, 2.75) is 20.3 Å². The van der Waals surface area contributed by atoms with Gasteiger partial charge in [-0.1, -0.05) is 13.8 Å². The molecular weight excluding hydrogens is 262 g/mol. The Kier molecular flexibility index (Phi) is 5.65. The molecule has 0 atom stereocenters. The Morgan fingerprint density at radius 2 is 2.25 bits per heavy atom. The zero-order valence-corrected chi connectivity index (χ0v) is 11.7. The van der Waals surface area contributed by atoms with Crippen LogP contribution in [0.5, 0.6) is 5.88 Å². The molecule has 0 N–H and O–H groups in total. The zero-order chi connectivity index (χ0) is 15.1. The quantitative estimate of drug-likeness (QED) is 0.553. The van der Waals surface area contributed by atoms with Crippen LogP contribution >= 0.6 is 0 Å². The second-order valence-corrected chi connectivity index (χ2v) is 4.56. The molecule has 8 heteroatoms. The molecule has 0 unspecified atom stereocenters. The summed E-state index contributed by atoms with van der Waals surface area (Å²) in [6.07, 6.45) is 1.48. The molecule has 0 aliphatic heterocycles. The van der Waals surface area contributed by atoms with Crippen molar-refractivity contribution in [2.75, 3.05) is 25.1 Å². The van der Waals surface area contributed by atoms with Gasteiger partial charge in [-0.15, -0.1) is 0 Å². The van der Waals surface area contributed by atoms with Crippen LogP contribution in [0.2, 0.25) is 0 Å². The number of hydrogen-bond acceptors (Lipinski definition) is 7. The number of nitriles is 1. The highest BCUT2D eigenvalue weighted by atomic mass is 16.6. The van der Waals surface area contributed by atoms with Crippen molar-refractivity contribution in [1.82, 2.24) is 9.97 Å². The number of hydrogen-bond donors (Lipinski definition) is 0. The van der Waals surface area contributed by atoms with Gasteiger partial charge in [0, 0.05) is 13.1 Å². The second-order valence-electron chi connectivity index (χ2n) is 4.56. The molecule has 0 aliphatic rings. The number of nitrogens with zero attached hydrogens (tertiary/aromatic N) is 5. The summed E-state index contributed by atoms with van der Waals surface area (Å²) in [5.41, 5.74) is -0.270. The molecule has 1 rings (SSSR count). The summed E-state index contributed by atoms with van der Waals surface area (Å²) in [5, 5.41) is 19.9. The fourth-order valence-electron chi connectivity index (χ4n) is 1.80. The summed E-state index contributed by atoms with van der Waals surface area (Å²) in [5.74, 6) is 0.380. The van der Waals surface area contributed by atoms with Crippen LogP contribution in [0.15, 0.2) is 6.33 Å². The maximum Gasteiger partial charge on any atom is 0.372 e. The smallest absolute Gasteiger partial charge is 0.372 e. The van der Waals surface area contributed by atoms with E-state index in [9.17, 15) is 10.1 Å². The number of anilines is 1. The van der Waals surface area contributed by atoms with Crippen molar-refractivity contribution in [1.29, 1.82) is 5.26 Å². The standard InChI is InChI=1S/C12H17N5O3/c1-9(2)7-16(6-4-5-13)11-10(17(18)19)12(20-3)15-8-14-11/h8-9H,4,6-7H2,1-3H3. The summed E-state index contributed by atoms with van der Waals surface area (Å²) in [6.45, 7) is 4.91. The lowest BCUT2D eigenvalue weighted by Crippen LogP contribution is -2.30. The molecule has 0 spiro atoms. The fraction of sp³-hybridized carbons (Fsp3) is 0.583. The van der Waals surface area contributed by atoms with Gasteiger partial charge >= 0.3 is 5.69 Å². The number of ether oxygens (including phenoxy) is 1. The van der Waals surface area contributed by atoms with E-state index in [0.29, 0.717) is 13.1 Å². The minimum atomic E-state index is -0.562. The lowest BCUT2D eigenvalue weighted by Gasteiger charge is -2.24. The van der Waals surface area contributed by atoms with Crippen LogP contribution < -0.4 is 9.64 Å². The van der Waals surface area contributed by atoms with E-state index in [4.69, 9.17) is 10.00 Å². The molecule has 20 heavy (non-hydrogen) atoms. The molecule has 0 fully saturated rings. The number of nitro groups is 1. The fourth-order valence-corrected chi connectivity index (χ4v) is 1.80. The highest BCUT2D eigenvalue weighted by Crippen LogP contribution is 2.33. The van der Waals surface area contributed by atoms with E-state index in [1.807, 2.05) is 19.9 Å². The predicted octanol–water partition coefficient (Wildman–Crippen LogP) is 1.77. The number of methoxy groups -OCH3 is 1. The summed E-state index contributed by atoms with van der Waals surface area (Å²) >= 11 is 0. The third-order valence-electron chi connectivity index (χ3n) is 2.52. The molecule has 1 aromatic heterocycles. The van der Waals surface area contributed by atoms with E-state index in [1.54, 1.807) is 4.90 Å². The lowest BCUT2D eigenvalue weighted by atomic mass is 10.2. The van der Waals surface area contributed by atoms with Crippen molar-refractivity contribution in [2.24, 2.45) is 5.92 Å². The monoisotopic (exact) mass is 279 g/mol. The summed E-state index contributed by atoms with van der Waals surface area (Å²) in [4.78, 5) is 20.1. The Balaban J connectivity index is 3.24. The summed E-state index contributed by atoms with van der Waals surface area (Å²) in [6, 6.07) is 2.03. The third-order valence-corrected chi connectivity index (χ3v) is 2.52. The molecule has 8 nitrogen and oxygen atoms in total. The molecular formula is C12H17N5O3. The van der Waals surface area contributed by atoms with Crippen LogP contribution in [0.4, 0.5) is 11.5 Å². The van der Waals surface area contributed by atoms with Crippen LogP contribution in [0.3, 0.4) is 0 Å². The van der Waals surface area contributed by atoms with E-state index < -0.39 is 4.92 Å². The molecule has 0 aromatic carbocycles.